The van der Waals surface area contributed by atoms with E-state index in [-0.39, 0.29) is 17.5 Å². The highest BCUT2D eigenvalue weighted by Gasteiger charge is 2.36. The molecule has 1 aliphatic rings. The first-order chi connectivity index (χ1) is 9.93. The van der Waals surface area contributed by atoms with E-state index in [4.69, 9.17) is 9.84 Å². The Labute approximate surface area is 122 Å². The molecule has 21 heavy (non-hydrogen) atoms. The van der Waals surface area contributed by atoms with Gasteiger partial charge in [-0.05, 0) is 37.5 Å². The third-order valence-corrected chi connectivity index (χ3v) is 3.83. The topological polar surface area (TPSA) is 75.6 Å². The van der Waals surface area contributed by atoms with Gasteiger partial charge >= 0.3 is 5.97 Å². The van der Waals surface area contributed by atoms with Crippen molar-refractivity contribution >= 4 is 11.9 Å². The van der Waals surface area contributed by atoms with Gasteiger partial charge in [0, 0.05) is 18.8 Å². The highest BCUT2D eigenvalue weighted by molar-refractivity contribution is 5.96. The molecule has 1 aromatic rings. The van der Waals surface area contributed by atoms with Gasteiger partial charge < -0.3 is 15.2 Å². The Kier molecular flexibility index (Phi) is 4.57. The molecule has 0 aliphatic carbocycles. The van der Waals surface area contributed by atoms with Crippen molar-refractivity contribution in [1.29, 1.82) is 0 Å². The number of aliphatic carboxylic acids is 1. The molecule has 0 spiro atoms. The maximum Gasteiger partial charge on any atom is 0.305 e. The first-order valence-electron chi connectivity index (χ1n) is 6.81. The van der Waals surface area contributed by atoms with E-state index in [0.717, 1.165) is 0 Å². The Bertz CT molecular complexity index is 553. The number of hydrogen-bond donors (Lipinski definition) is 2. The smallest absolute Gasteiger partial charge is 0.305 e. The lowest BCUT2D eigenvalue weighted by molar-refractivity contribution is -0.139. The number of carboxylic acid groups (broad SMARTS) is 1. The van der Waals surface area contributed by atoms with Crippen LogP contribution in [0.1, 0.15) is 35.2 Å². The summed E-state index contributed by atoms with van der Waals surface area (Å²) in [6, 6.07) is 4.28. The maximum absolute atomic E-state index is 13.5. The van der Waals surface area contributed by atoms with Crippen molar-refractivity contribution in [1.82, 2.24) is 5.32 Å². The summed E-state index contributed by atoms with van der Waals surface area (Å²) in [5.41, 5.74) is -0.348. The second-order valence-electron chi connectivity index (χ2n) is 5.33. The summed E-state index contributed by atoms with van der Waals surface area (Å²) in [6.45, 7) is 2.32. The first kappa shape index (κ1) is 15.4. The van der Waals surface area contributed by atoms with Crippen LogP contribution in [0.4, 0.5) is 4.39 Å². The lowest BCUT2D eigenvalue weighted by Crippen LogP contribution is -2.53. The van der Waals surface area contributed by atoms with Gasteiger partial charge in [-0.15, -0.1) is 0 Å². The molecule has 6 heteroatoms. The number of carboxylic acids is 1. The quantitative estimate of drug-likeness (QED) is 0.889. The second kappa shape index (κ2) is 6.22. The van der Waals surface area contributed by atoms with E-state index >= 15 is 0 Å². The van der Waals surface area contributed by atoms with Crippen molar-refractivity contribution in [3.05, 3.63) is 35.1 Å². The fourth-order valence-corrected chi connectivity index (χ4v) is 2.56. The molecule has 0 radical (unpaired) electrons. The van der Waals surface area contributed by atoms with Gasteiger partial charge in [-0.2, -0.15) is 0 Å². The third-order valence-electron chi connectivity index (χ3n) is 3.83. The molecule has 0 saturated carbocycles. The lowest BCUT2D eigenvalue weighted by Gasteiger charge is -2.37. The van der Waals surface area contributed by atoms with Crippen LogP contribution in [-0.4, -0.2) is 35.7 Å². The van der Waals surface area contributed by atoms with Crippen LogP contribution in [0.5, 0.6) is 0 Å². The van der Waals surface area contributed by atoms with E-state index in [2.05, 4.69) is 5.32 Å². The Hall–Kier alpha value is -1.95. The van der Waals surface area contributed by atoms with Gasteiger partial charge in [-0.25, -0.2) is 4.39 Å². The average Bonchev–Trinajstić information content (AvgIpc) is 2.41. The fourth-order valence-electron chi connectivity index (χ4n) is 2.56. The number of benzene rings is 1. The van der Waals surface area contributed by atoms with Crippen LogP contribution in [0, 0.1) is 12.7 Å². The number of halogens is 1. The number of nitrogens with one attached hydrogen (secondary N) is 1. The number of hydrogen-bond acceptors (Lipinski definition) is 3. The van der Waals surface area contributed by atoms with Crippen LogP contribution in [0.15, 0.2) is 18.2 Å². The molecule has 1 saturated heterocycles. The van der Waals surface area contributed by atoms with Crippen LogP contribution in [-0.2, 0) is 9.53 Å². The number of carbonyl (C=O) groups is 2. The summed E-state index contributed by atoms with van der Waals surface area (Å²) >= 11 is 0. The van der Waals surface area contributed by atoms with E-state index in [9.17, 15) is 14.0 Å². The van der Waals surface area contributed by atoms with Crippen LogP contribution in [0.2, 0.25) is 0 Å². The number of amides is 1. The van der Waals surface area contributed by atoms with Crippen molar-refractivity contribution in [3.8, 4) is 0 Å². The largest absolute Gasteiger partial charge is 0.481 e. The van der Waals surface area contributed by atoms with Crippen molar-refractivity contribution in [3.63, 3.8) is 0 Å². The Balaban J connectivity index is 2.21. The van der Waals surface area contributed by atoms with Gasteiger partial charge in [0.2, 0.25) is 0 Å². The van der Waals surface area contributed by atoms with E-state index in [1.807, 2.05) is 0 Å². The fraction of sp³-hybridized carbons (Fsp3) is 0.467. The highest BCUT2D eigenvalue weighted by Crippen LogP contribution is 2.25. The summed E-state index contributed by atoms with van der Waals surface area (Å²) < 4.78 is 18.8. The van der Waals surface area contributed by atoms with Gasteiger partial charge in [-0.1, -0.05) is 6.07 Å². The standard InChI is InChI=1S/C15H18FNO4/c1-10-11(3-2-4-12(10)16)14(20)17-15(9-13(18)19)5-7-21-8-6-15/h2-4H,5-9H2,1H3,(H,17,20)(H,18,19). The SMILES string of the molecule is Cc1c(F)cccc1C(=O)NC1(CC(=O)O)CCOCC1. The Morgan fingerprint density at radius 2 is 2.05 bits per heavy atom. The molecule has 114 valence electrons. The highest BCUT2D eigenvalue weighted by atomic mass is 19.1. The zero-order valence-electron chi connectivity index (χ0n) is 11.8. The summed E-state index contributed by atoms with van der Waals surface area (Å²) in [7, 11) is 0. The molecule has 2 N–H and O–H groups in total. The van der Waals surface area contributed by atoms with Gasteiger partial charge in [0.05, 0.1) is 12.0 Å². The molecule has 0 atom stereocenters. The molecular weight excluding hydrogens is 277 g/mol. The van der Waals surface area contributed by atoms with Crippen molar-refractivity contribution in [2.45, 2.75) is 31.7 Å². The average molecular weight is 295 g/mol. The predicted molar refractivity (Wildman–Crippen MR) is 73.6 cm³/mol. The number of rotatable bonds is 4. The van der Waals surface area contributed by atoms with Crippen LogP contribution in [0.25, 0.3) is 0 Å². The monoisotopic (exact) mass is 295 g/mol. The van der Waals surface area contributed by atoms with E-state index in [1.165, 1.54) is 25.1 Å². The minimum absolute atomic E-state index is 0.170. The molecule has 0 aromatic heterocycles. The third kappa shape index (κ3) is 3.58. The maximum atomic E-state index is 13.5. The summed E-state index contributed by atoms with van der Waals surface area (Å²) in [5.74, 6) is -1.88. The second-order valence-corrected chi connectivity index (χ2v) is 5.33. The molecule has 1 heterocycles. The molecule has 1 aliphatic heterocycles. The Morgan fingerprint density at radius 1 is 1.38 bits per heavy atom. The molecule has 1 aromatic carbocycles. The molecule has 5 nitrogen and oxygen atoms in total. The Morgan fingerprint density at radius 3 is 2.67 bits per heavy atom. The van der Waals surface area contributed by atoms with Gasteiger partial charge in [0.15, 0.2) is 0 Å². The van der Waals surface area contributed by atoms with E-state index in [1.54, 1.807) is 0 Å². The molecule has 0 bridgehead atoms. The number of carbonyl (C=O) groups excluding carboxylic acids is 1. The van der Waals surface area contributed by atoms with Crippen molar-refractivity contribution in [2.75, 3.05) is 13.2 Å². The number of ether oxygens (including phenoxy) is 1. The van der Waals surface area contributed by atoms with Crippen LogP contribution in [0.3, 0.4) is 0 Å². The molecular formula is C15H18FNO4. The molecule has 1 fully saturated rings. The van der Waals surface area contributed by atoms with Crippen LogP contribution < -0.4 is 5.32 Å². The normalized spacial score (nSPS) is 17.2. The molecule has 1 amide bonds. The van der Waals surface area contributed by atoms with Crippen LogP contribution >= 0.6 is 0 Å². The first-order valence-corrected chi connectivity index (χ1v) is 6.81. The minimum Gasteiger partial charge on any atom is -0.481 e. The van der Waals surface area contributed by atoms with Crippen molar-refractivity contribution < 1.29 is 23.8 Å². The van der Waals surface area contributed by atoms with Gasteiger partial charge in [-0.3, -0.25) is 9.59 Å². The summed E-state index contributed by atoms with van der Waals surface area (Å²) in [6.07, 6.45) is 0.690. The molecule has 0 unspecified atom stereocenters. The van der Waals surface area contributed by atoms with Crippen molar-refractivity contribution in [2.24, 2.45) is 0 Å². The summed E-state index contributed by atoms with van der Waals surface area (Å²) in [5, 5.41) is 11.8. The minimum atomic E-state index is -0.979. The zero-order valence-corrected chi connectivity index (χ0v) is 11.8. The summed E-state index contributed by atoms with van der Waals surface area (Å²) in [4.78, 5) is 23.4. The molecule has 2 rings (SSSR count). The van der Waals surface area contributed by atoms with Gasteiger partial charge in [0.25, 0.3) is 5.91 Å². The van der Waals surface area contributed by atoms with E-state index in [0.29, 0.717) is 26.1 Å². The zero-order chi connectivity index (χ0) is 15.5. The predicted octanol–water partition coefficient (Wildman–Crippen LogP) is 1.89. The lowest BCUT2D eigenvalue weighted by atomic mass is 9.86. The van der Waals surface area contributed by atoms with E-state index < -0.39 is 23.2 Å². The van der Waals surface area contributed by atoms with Gasteiger partial charge in [0.1, 0.15) is 5.82 Å².